The van der Waals surface area contributed by atoms with Gasteiger partial charge < -0.3 is 15.4 Å². The van der Waals surface area contributed by atoms with Crippen molar-refractivity contribution >= 4 is 5.91 Å². The summed E-state index contributed by atoms with van der Waals surface area (Å²) >= 11 is 0. The van der Waals surface area contributed by atoms with Gasteiger partial charge in [0, 0.05) is 12.7 Å². The van der Waals surface area contributed by atoms with Crippen LogP contribution < -0.4 is 10.9 Å². The summed E-state index contributed by atoms with van der Waals surface area (Å²) in [5.74, 6) is -0.732. The zero-order chi connectivity index (χ0) is 18.2. The van der Waals surface area contributed by atoms with E-state index in [1.54, 1.807) is 24.4 Å². The number of rotatable bonds is 8. The second-order valence-electron chi connectivity index (χ2n) is 5.95. The zero-order valence-corrected chi connectivity index (χ0v) is 14.6. The first-order valence-corrected chi connectivity index (χ1v) is 8.59. The molecule has 7 heteroatoms. The largest absolute Gasteiger partial charge is 0.501 e. The van der Waals surface area contributed by atoms with E-state index in [9.17, 15) is 14.7 Å². The summed E-state index contributed by atoms with van der Waals surface area (Å²) in [6.07, 6.45) is 5.75. The average molecular weight is 344 g/mol. The van der Waals surface area contributed by atoms with Crippen molar-refractivity contribution in [3.05, 3.63) is 40.4 Å². The topological polar surface area (TPSA) is 108 Å². The van der Waals surface area contributed by atoms with Crippen LogP contribution in [0.5, 0.6) is 5.75 Å². The molecule has 0 spiro atoms. The van der Waals surface area contributed by atoms with Crippen LogP contribution in [0.1, 0.15) is 50.0 Å². The number of aromatic amines is 1. The van der Waals surface area contributed by atoms with Crippen LogP contribution in [-0.2, 0) is 0 Å². The predicted molar refractivity (Wildman–Crippen MR) is 95.4 cm³/mol. The minimum Gasteiger partial charge on any atom is -0.501 e. The lowest BCUT2D eigenvalue weighted by Gasteiger charge is -2.15. The molecule has 3 N–H and O–H groups in total. The highest BCUT2D eigenvalue weighted by Gasteiger charge is 2.19. The normalized spacial score (nSPS) is 11.9. The van der Waals surface area contributed by atoms with Crippen LogP contribution in [0.2, 0.25) is 0 Å². The molecule has 0 fully saturated rings. The van der Waals surface area contributed by atoms with Gasteiger partial charge in [-0.25, -0.2) is 4.98 Å². The third-order valence-electron chi connectivity index (χ3n) is 4.11. The van der Waals surface area contributed by atoms with E-state index in [4.69, 9.17) is 0 Å². The Kier molecular flexibility index (Phi) is 6.68. The second kappa shape index (κ2) is 8.96. The molecule has 0 aliphatic heterocycles. The van der Waals surface area contributed by atoms with E-state index in [-0.39, 0.29) is 11.5 Å². The molecular formula is C18H24N4O3. The van der Waals surface area contributed by atoms with Crippen molar-refractivity contribution < 1.29 is 9.90 Å². The zero-order valence-electron chi connectivity index (χ0n) is 14.6. The second-order valence-corrected chi connectivity index (χ2v) is 5.95. The van der Waals surface area contributed by atoms with Gasteiger partial charge in [0.25, 0.3) is 11.5 Å². The maximum Gasteiger partial charge on any atom is 0.294 e. The highest BCUT2D eigenvalue weighted by atomic mass is 16.3. The Labute approximate surface area is 146 Å². The highest BCUT2D eigenvalue weighted by molar-refractivity contribution is 5.95. The molecular weight excluding hydrogens is 320 g/mol. The fraction of sp³-hybridized carbons (Fsp3) is 0.444. The van der Waals surface area contributed by atoms with Crippen LogP contribution in [0.25, 0.3) is 11.5 Å². The number of amides is 1. The highest BCUT2D eigenvalue weighted by Crippen LogP contribution is 2.15. The number of nitrogens with one attached hydrogen (secondary N) is 2. The van der Waals surface area contributed by atoms with E-state index < -0.39 is 17.2 Å². The van der Waals surface area contributed by atoms with E-state index in [2.05, 4.69) is 34.1 Å². The quantitative estimate of drug-likeness (QED) is 0.682. The Bertz CT molecular complexity index is 759. The van der Waals surface area contributed by atoms with Gasteiger partial charge in [0.05, 0.1) is 0 Å². The minimum atomic E-state index is -0.765. The molecule has 0 saturated carbocycles. The lowest BCUT2D eigenvalue weighted by Crippen LogP contribution is -2.31. The van der Waals surface area contributed by atoms with Crippen molar-refractivity contribution in [2.24, 2.45) is 5.92 Å². The SMILES string of the molecule is CCCCC(CC)CNC(=O)c1nc(-c2ccccn2)[nH]c(=O)c1O. The number of hydrogen-bond acceptors (Lipinski definition) is 5. The lowest BCUT2D eigenvalue weighted by molar-refractivity contribution is 0.0937. The summed E-state index contributed by atoms with van der Waals surface area (Å²) in [5, 5.41) is 12.7. The standard InChI is InChI=1S/C18H24N4O3/c1-3-5-8-12(4-2)11-20-17(24)14-15(23)18(25)22-16(21-14)13-9-6-7-10-19-13/h6-7,9-10,12,23H,3-5,8,11H2,1-2H3,(H,20,24)(H,21,22,25). The summed E-state index contributed by atoms with van der Waals surface area (Å²) in [6.45, 7) is 4.69. The molecule has 134 valence electrons. The summed E-state index contributed by atoms with van der Waals surface area (Å²) in [4.78, 5) is 34.9. The minimum absolute atomic E-state index is 0.145. The Hall–Kier alpha value is -2.70. The van der Waals surface area contributed by atoms with Crippen molar-refractivity contribution in [2.75, 3.05) is 6.54 Å². The van der Waals surface area contributed by atoms with Gasteiger partial charge in [-0.1, -0.05) is 39.2 Å². The molecule has 0 aromatic carbocycles. The summed E-state index contributed by atoms with van der Waals surface area (Å²) in [6, 6.07) is 5.14. The Morgan fingerprint density at radius 3 is 2.80 bits per heavy atom. The smallest absolute Gasteiger partial charge is 0.294 e. The van der Waals surface area contributed by atoms with Crippen LogP contribution in [0.3, 0.4) is 0 Å². The van der Waals surface area contributed by atoms with Crippen molar-refractivity contribution in [3.8, 4) is 17.3 Å². The van der Waals surface area contributed by atoms with Crippen LogP contribution >= 0.6 is 0 Å². The maximum atomic E-state index is 12.4. The van der Waals surface area contributed by atoms with E-state index in [0.717, 1.165) is 25.7 Å². The van der Waals surface area contributed by atoms with E-state index in [1.165, 1.54) is 0 Å². The third-order valence-corrected chi connectivity index (χ3v) is 4.11. The molecule has 0 saturated heterocycles. The number of H-pyrrole nitrogens is 1. The van der Waals surface area contributed by atoms with E-state index in [1.807, 2.05) is 0 Å². The molecule has 0 radical (unpaired) electrons. The monoisotopic (exact) mass is 344 g/mol. The van der Waals surface area contributed by atoms with E-state index >= 15 is 0 Å². The number of carbonyl (C=O) groups excluding carboxylic acids is 1. The summed E-state index contributed by atoms with van der Waals surface area (Å²) in [5.41, 5.74) is -0.628. The van der Waals surface area contributed by atoms with Crippen molar-refractivity contribution in [1.29, 1.82) is 0 Å². The average Bonchev–Trinajstić information content (AvgIpc) is 2.64. The van der Waals surface area contributed by atoms with Crippen molar-refractivity contribution in [3.63, 3.8) is 0 Å². The number of hydrogen-bond donors (Lipinski definition) is 3. The van der Waals surface area contributed by atoms with Gasteiger partial charge in [-0.15, -0.1) is 0 Å². The first kappa shape index (κ1) is 18.6. The Balaban J connectivity index is 2.19. The molecule has 0 aliphatic rings. The number of nitrogens with zero attached hydrogens (tertiary/aromatic N) is 2. The summed E-state index contributed by atoms with van der Waals surface area (Å²) in [7, 11) is 0. The molecule has 25 heavy (non-hydrogen) atoms. The first-order valence-electron chi connectivity index (χ1n) is 8.59. The van der Waals surface area contributed by atoms with Gasteiger partial charge >= 0.3 is 0 Å². The van der Waals surface area contributed by atoms with Gasteiger partial charge in [0.1, 0.15) is 5.69 Å². The molecule has 1 atom stereocenters. The van der Waals surface area contributed by atoms with Crippen LogP contribution in [0.4, 0.5) is 0 Å². The molecule has 1 unspecified atom stereocenters. The molecule has 2 aromatic rings. The number of aromatic nitrogens is 3. The lowest BCUT2D eigenvalue weighted by atomic mass is 9.99. The van der Waals surface area contributed by atoms with Crippen LogP contribution in [-0.4, -0.2) is 32.5 Å². The molecule has 1 amide bonds. The van der Waals surface area contributed by atoms with Gasteiger partial charge in [-0.3, -0.25) is 14.6 Å². The van der Waals surface area contributed by atoms with Crippen LogP contribution in [0, 0.1) is 5.92 Å². The molecule has 2 aromatic heterocycles. The number of aromatic hydroxyl groups is 1. The van der Waals surface area contributed by atoms with Crippen molar-refractivity contribution in [2.45, 2.75) is 39.5 Å². The Morgan fingerprint density at radius 1 is 1.36 bits per heavy atom. The maximum absolute atomic E-state index is 12.4. The van der Waals surface area contributed by atoms with Crippen molar-refractivity contribution in [1.82, 2.24) is 20.3 Å². The Morgan fingerprint density at radius 2 is 2.16 bits per heavy atom. The molecule has 2 rings (SSSR count). The first-order chi connectivity index (χ1) is 12.1. The molecule has 0 bridgehead atoms. The number of unbranched alkanes of at least 4 members (excludes halogenated alkanes) is 1. The van der Waals surface area contributed by atoms with E-state index in [0.29, 0.717) is 18.2 Å². The molecule has 7 nitrogen and oxygen atoms in total. The fourth-order valence-corrected chi connectivity index (χ4v) is 2.51. The van der Waals surface area contributed by atoms with Gasteiger partial charge in [-0.2, -0.15) is 0 Å². The number of carbonyl (C=O) groups is 1. The third kappa shape index (κ3) is 4.89. The molecule has 0 aliphatic carbocycles. The van der Waals surface area contributed by atoms with Gasteiger partial charge in [0.2, 0.25) is 5.75 Å². The van der Waals surface area contributed by atoms with Gasteiger partial charge in [-0.05, 0) is 24.5 Å². The number of pyridine rings is 1. The fourth-order valence-electron chi connectivity index (χ4n) is 2.51. The molecule has 2 heterocycles. The van der Waals surface area contributed by atoms with Gasteiger partial charge in [0.15, 0.2) is 11.5 Å². The predicted octanol–water partition coefficient (Wildman–Crippen LogP) is 2.48. The summed E-state index contributed by atoms with van der Waals surface area (Å²) < 4.78 is 0. The van der Waals surface area contributed by atoms with Crippen LogP contribution in [0.15, 0.2) is 29.2 Å².